The van der Waals surface area contributed by atoms with Gasteiger partial charge in [0.1, 0.15) is 30.3 Å². The van der Waals surface area contributed by atoms with Gasteiger partial charge in [0.2, 0.25) is 0 Å². The number of hydrogen-bond donors (Lipinski definition) is 2. The minimum Gasteiger partial charge on any atom is -0.489 e. The van der Waals surface area contributed by atoms with Crippen molar-refractivity contribution in [2.45, 2.75) is 11.6 Å². The van der Waals surface area contributed by atoms with Gasteiger partial charge in [-0.1, -0.05) is 24.5 Å². The van der Waals surface area contributed by atoms with Crippen molar-refractivity contribution in [3.05, 3.63) is 83.3 Å². The molecule has 1 unspecified atom stereocenters. The molecule has 2 aromatic carbocycles. The number of carbonyl (C=O) groups excluding carboxylic acids is 2. The zero-order valence-electron chi connectivity index (χ0n) is 20.3. The van der Waals surface area contributed by atoms with Crippen molar-refractivity contribution in [1.82, 2.24) is 10.3 Å². The fourth-order valence-electron chi connectivity index (χ4n) is 3.85. The quantitative estimate of drug-likeness (QED) is 0.410. The number of hydrogen-bond acceptors (Lipinski definition) is 7. The fourth-order valence-corrected chi connectivity index (χ4v) is 3.85. The van der Waals surface area contributed by atoms with Crippen molar-refractivity contribution in [2.24, 2.45) is 0 Å². The summed E-state index contributed by atoms with van der Waals surface area (Å²) < 4.78 is 16.6. The number of amides is 2. The van der Waals surface area contributed by atoms with E-state index in [0.29, 0.717) is 22.7 Å². The summed E-state index contributed by atoms with van der Waals surface area (Å²) in [4.78, 5) is 35.0. The Morgan fingerprint density at radius 2 is 2.11 bits per heavy atom. The number of benzene rings is 2. The molecule has 1 atom stereocenters. The van der Waals surface area contributed by atoms with Crippen LogP contribution in [-0.2, 0) is 9.53 Å². The molecule has 1 aromatic heterocycles. The lowest BCUT2D eigenvalue weighted by atomic mass is 10.0. The average molecular weight is 511 g/mol. The third-order valence-electron chi connectivity index (χ3n) is 5.96. The Labute approximate surface area is 218 Å². The highest BCUT2D eigenvalue weighted by atomic mass is 16.5. The van der Waals surface area contributed by atoms with Gasteiger partial charge in [-0.25, -0.2) is 0 Å². The molecular weight excluding hydrogens is 488 g/mol. The molecule has 2 amide bonds. The number of fused-ring (bicyclic) bond motifs is 1. The molecule has 0 radical (unpaired) electrons. The maximum Gasteiger partial charge on any atom is 0.312 e. The van der Waals surface area contributed by atoms with E-state index >= 15 is 0 Å². The molecule has 38 heavy (non-hydrogen) atoms. The SMILES string of the molecule is [C-]#[N+]c1ncccc1Oc1cccc(C(=O)NC2COc3ccc(C#CC4(O)COC4)cc3N(C)C2=O)c1. The fraction of sp³-hybridized carbons (Fsp3) is 0.214. The molecule has 10 heteroatoms. The van der Waals surface area contributed by atoms with E-state index < -0.39 is 17.6 Å². The van der Waals surface area contributed by atoms with Crippen molar-refractivity contribution < 1.29 is 28.9 Å². The van der Waals surface area contributed by atoms with Gasteiger partial charge in [0.15, 0.2) is 11.4 Å². The summed E-state index contributed by atoms with van der Waals surface area (Å²) in [5.41, 5.74) is 0.211. The Morgan fingerprint density at radius 1 is 1.26 bits per heavy atom. The number of rotatable bonds is 4. The lowest BCUT2D eigenvalue weighted by molar-refractivity contribution is -0.140. The predicted octanol–water partition coefficient (Wildman–Crippen LogP) is 2.69. The van der Waals surface area contributed by atoms with Gasteiger partial charge in [0, 0.05) is 18.2 Å². The minimum absolute atomic E-state index is 0.0652. The second-order valence-corrected chi connectivity index (χ2v) is 8.76. The molecule has 190 valence electrons. The van der Waals surface area contributed by atoms with Crippen molar-refractivity contribution in [3.8, 4) is 29.1 Å². The predicted molar refractivity (Wildman–Crippen MR) is 136 cm³/mol. The van der Waals surface area contributed by atoms with Crippen LogP contribution >= 0.6 is 0 Å². The Bertz CT molecular complexity index is 1520. The molecule has 1 fully saturated rings. The van der Waals surface area contributed by atoms with Gasteiger partial charge in [0.05, 0.1) is 18.9 Å². The van der Waals surface area contributed by atoms with Gasteiger partial charge < -0.3 is 34.4 Å². The van der Waals surface area contributed by atoms with E-state index in [2.05, 4.69) is 27.0 Å². The summed E-state index contributed by atoms with van der Waals surface area (Å²) in [5, 5.41) is 12.9. The monoisotopic (exact) mass is 510 g/mol. The van der Waals surface area contributed by atoms with Crippen molar-refractivity contribution in [1.29, 1.82) is 0 Å². The van der Waals surface area contributed by atoms with Crippen LogP contribution in [0.25, 0.3) is 4.85 Å². The number of pyridine rings is 1. The van der Waals surface area contributed by atoms with E-state index in [0.717, 1.165) is 0 Å². The third kappa shape index (κ3) is 5.13. The Morgan fingerprint density at radius 3 is 2.87 bits per heavy atom. The summed E-state index contributed by atoms with van der Waals surface area (Å²) >= 11 is 0. The van der Waals surface area contributed by atoms with Crippen LogP contribution < -0.4 is 19.7 Å². The highest BCUT2D eigenvalue weighted by Crippen LogP contribution is 2.32. The van der Waals surface area contributed by atoms with Crippen molar-refractivity contribution in [2.75, 3.05) is 31.8 Å². The normalized spacial score (nSPS) is 17.3. The zero-order chi connectivity index (χ0) is 26.7. The van der Waals surface area contributed by atoms with Crippen LogP contribution in [0.4, 0.5) is 11.5 Å². The maximum absolute atomic E-state index is 13.2. The summed E-state index contributed by atoms with van der Waals surface area (Å²) in [6, 6.07) is 13.8. The second-order valence-electron chi connectivity index (χ2n) is 8.76. The molecule has 5 rings (SSSR count). The molecule has 0 aliphatic carbocycles. The second kappa shape index (κ2) is 10.2. The summed E-state index contributed by atoms with van der Waals surface area (Å²) in [7, 11) is 1.59. The van der Waals surface area contributed by atoms with Crippen LogP contribution in [0.1, 0.15) is 15.9 Å². The average Bonchev–Trinajstić information content (AvgIpc) is 3.03. The molecule has 2 aliphatic heterocycles. The van der Waals surface area contributed by atoms with Gasteiger partial charge in [-0.3, -0.25) is 9.59 Å². The van der Waals surface area contributed by atoms with E-state index in [1.807, 2.05) is 0 Å². The number of aliphatic hydroxyl groups is 1. The molecular formula is C28H22N4O6. The Balaban J connectivity index is 1.29. The molecule has 0 bridgehead atoms. The van der Waals surface area contributed by atoms with Gasteiger partial charge in [-0.15, -0.1) is 4.98 Å². The number of ether oxygens (including phenoxy) is 3. The maximum atomic E-state index is 13.2. The number of anilines is 1. The number of nitrogens with one attached hydrogen (secondary N) is 1. The summed E-state index contributed by atoms with van der Waals surface area (Å²) in [6.07, 6.45) is 1.49. The van der Waals surface area contributed by atoms with Crippen LogP contribution in [0.2, 0.25) is 0 Å². The van der Waals surface area contributed by atoms with E-state index in [1.54, 1.807) is 55.6 Å². The molecule has 1 saturated heterocycles. The molecule has 2 aliphatic rings. The topological polar surface area (TPSA) is 115 Å². The molecule has 0 spiro atoms. The molecule has 3 aromatic rings. The first-order chi connectivity index (χ1) is 18.3. The van der Waals surface area contributed by atoms with Crippen LogP contribution in [0.3, 0.4) is 0 Å². The van der Waals surface area contributed by atoms with Crippen LogP contribution in [-0.4, -0.2) is 60.4 Å². The first kappa shape index (κ1) is 24.8. The third-order valence-corrected chi connectivity index (χ3v) is 5.96. The molecule has 3 heterocycles. The lowest BCUT2D eigenvalue weighted by Crippen LogP contribution is -2.49. The first-order valence-electron chi connectivity index (χ1n) is 11.6. The number of carbonyl (C=O) groups is 2. The first-order valence-corrected chi connectivity index (χ1v) is 11.6. The van der Waals surface area contributed by atoms with Crippen molar-refractivity contribution >= 4 is 23.3 Å². The molecule has 0 saturated carbocycles. The standard InChI is InChI=1S/C28H22N4O6/c1-29-25-24(7-4-12-30-25)38-20-6-3-5-19(14-20)26(33)31-21-15-37-23-9-8-18(10-11-28(35)16-36-17-28)13-22(23)32(2)27(21)34/h3-9,12-14,21,35H,15-17H2,2H3,(H,31,33). The van der Waals surface area contributed by atoms with Crippen LogP contribution in [0, 0.1) is 18.4 Å². The van der Waals surface area contributed by atoms with Gasteiger partial charge >= 0.3 is 5.82 Å². The van der Waals surface area contributed by atoms with E-state index in [-0.39, 0.29) is 42.9 Å². The Kier molecular flexibility index (Phi) is 6.67. The van der Waals surface area contributed by atoms with E-state index in [4.69, 9.17) is 20.8 Å². The molecule has 2 N–H and O–H groups in total. The van der Waals surface area contributed by atoms with E-state index in [1.165, 1.54) is 17.2 Å². The number of nitrogens with zero attached hydrogens (tertiary/aromatic N) is 3. The smallest absolute Gasteiger partial charge is 0.312 e. The largest absolute Gasteiger partial charge is 0.489 e. The summed E-state index contributed by atoms with van der Waals surface area (Å²) in [6.45, 7) is 7.48. The highest BCUT2D eigenvalue weighted by Gasteiger charge is 2.34. The van der Waals surface area contributed by atoms with Crippen LogP contribution in [0.15, 0.2) is 60.8 Å². The van der Waals surface area contributed by atoms with Crippen LogP contribution in [0.5, 0.6) is 17.2 Å². The summed E-state index contributed by atoms with van der Waals surface area (Å²) in [5.74, 6) is 6.04. The Hall–Kier alpha value is -4.90. The zero-order valence-corrected chi connectivity index (χ0v) is 20.3. The molecule has 10 nitrogen and oxygen atoms in total. The lowest BCUT2D eigenvalue weighted by Gasteiger charge is -2.30. The van der Waals surface area contributed by atoms with Gasteiger partial charge in [0.25, 0.3) is 11.8 Å². The highest BCUT2D eigenvalue weighted by molar-refractivity contribution is 6.03. The van der Waals surface area contributed by atoms with Gasteiger partial charge in [-0.2, -0.15) is 0 Å². The van der Waals surface area contributed by atoms with Gasteiger partial charge in [-0.05, 0) is 48.5 Å². The number of aromatic nitrogens is 1. The van der Waals surface area contributed by atoms with E-state index in [9.17, 15) is 14.7 Å². The number of likely N-dealkylation sites (N-methyl/N-ethyl adjacent to an activating group) is 1. The minimum atomic E-state index is -1.15. The van der Waals surface area contributed by atoms with Crippen molar-refractivity contribution in [3.63, 3.8) is 0 Å².